The molecular weight excluding hydrogens is 482 g/mol. The molecule has 0 radical (unpaired) electrons. The summed E-state index contributed by atoms with van der Waals surface area (Å²) in [6.45, 7) is 8.34. The van der Waals surface area contributed by atoms with Crippen molar-refractivity contribution in [2.24, 2.45) is 0 Å². The normalized spacial score (nSPS) is 14.1. The summed E-state index contributed by atoms with van der Waals surface area (Å²) in [5.41, 5.74) is 3.96. The minimum atomic E-state index is -3.30. The van der Waals surface area contributed by atoms with E-state index in [4.69, 9.17) is 4.52 Å². The second-order valence-electron chi connectivity index (χ2n) is 9.15. The first-order chi connectivity index (χ1) is 17.1. The summed E-state index contributed by atoms with van der Waals surface area (Å²) >= 11 is 0. The van der Waals surface area contributed by atoms with Crippen molar-refractivity contribution in [3.05, 3.63) is 52.7 Å². The molecule has 2 heterocycles. The Kier molecular flexibility index (Phi) is 7.10. The van der Waals surface area contributed by atoms with Gasteiger partial charge in [-0.1, -0.05) is 37.2 Å². The number of carbonyl (C=O) groups is 1. The molecule has 1 amide bonds. The number of hydrogen-bond acceptors (Lipinski definition) is 7. The maximum absolute atomic E-state index is 12.9. The smallest absolute Gasteiger partial charge is 0.274 e. The highest BCUT2D eigenvalue weighted by Crippen LogP contribution is 2.43. The van der Waals surface area contributed by atoms with Gasteiger partial charge in [-0.05, 0) is 54.5 Å². The van der Waals surface area contributed by atoms with Crippen molar-refractivity contribution in [1.29, 1.82) is 0 Å². The number of amides is 1. The van der Waals surface area contributed by atoms with Gasteiger partial charge in [-0.25, -0.2) is 8.42 Å². The van der Waals surface area contributed by atoms with Crippen LogP contribution in [0.3, 0.4) is 0 Å². The molecule has 0 spiro atoms. The van der Waals surface area contributed by atoms with Crippen LogP contribution in [0, 0.1) is 0 Å². The zero-order valence-electron chi connectivity index (χ0n) is 20.8. The Balaban J connectivity index is 1.86. The van der Waals surface area contributed by atoms with E-state index in [0.29, 0.717) is 48.3 Å². The SMILES string of the molecule is CCNC(=O)c1noc(-c2cc(C(C)C)c(O)cc2O)c1-c1ccc2c(c1)CCN(S(=O)(=O)CC)C2. The summed E-state index contributed by atoms with van der Waals surface area (Å²) in [4.78, 5) is 12.9. The molecule has 0 unspecified atom stereocenters. The van der Waals surface area contributed by atoms with Gasteiger partial charge in [-0.2, -0.15) is 4.31 Å². The molecule has 0 atom stereocenters. The van der Waals surface area contributed by atoms with Crippen molar-refractivity contribution in [2.45, 2.75) is 46.6 Å². The van der Waals surface area contributed by atoms with Crippen molar-refractivity contribution in [2.75, 3.05) is 18.8 Å². The highest BCUT2D eigenvalue weighted by Gasteiger charge is 2.29. The van der Waals surface area contributed by atoms with E-state index in [9.17, 15) is 23.4 Å². The van der Waals surface area contributed by atoms with E-state index in [1.807, 2.05) is 26.0 Å². The van der Waals surface area contributed by atoms with Gasteiger partial charge in [0.1, 0.15) is 11.5 Å². The summed E-state index contributed by atoms with van der Waals surface area (Å²) < 4.78 is 31.8. The van der Waals surface area contributed by atoms with E-state index < -0.39 is 15.9 Å². The van der Waals surface area contributed by atoms with Crippen LogP contribution in [0.4, 0.5) is 0 Å². The number of aromatic nitrogens is 1. The average Bonchev–Trinajstić information content (AvgIpc) is 3.28. The standard InChI is InChI=1S/C26H31N3O6S/c1-5-27-26(32)24-23(25(35-28-24)20-12-19(15(3)4)21(30)13-22(20)31)17-7-8-18-14-29(36(33,34)6-2)10-9-16(18)11-17/h7-8,11-13,15,30-31H,5-6,9-10,14H2,1-4H3,(H,27,32). The fourth-order valence-corrected chi connectivity index (χ4v) is 5.55. The zero-order valence-corrected chi connectivity index (χ0v) is 21.6. The Labute approximate surface area is 210 Å². The maximum atomic E-state index is 12.9. The molecule has 0 aliphatic carbocycles. The van der Waals surface area contributed by atoms with Crippen LogP contribution in [-0.2, 0) is 23.0 Å². The van der Waals surface area contributed by atoms with Crippen LogP contribution in [-0.4, -0.2) is 52.8 Å². The number of sulfonamides is 1. The number of benzene rings is 2. The van der Waals surface area contributed by atoms with Crippen LogP contribution in [0.1, 0.15) is 60.8 Å². The summed E-state index contributed by atoms with van der Waals surface area (Å²) in [5, 5.41) is 27.8. The topological polar surface area (TPSA) is 133 Å². The van der Waals surface area contributed by atoms with Gasteiger partial charge in [0.2, 0.25) is 10.0 Å². The third kappa shape index (κ3) is 4.70. The van der Waals surface area contributed by atoms with Gasteiger partial charge < -0.3 is 20.1 Å². The lowest BCUT2D eigenvalue weighted by molar-refractivity contribution is 0.0947. The number of nitrogens with zero attached hydrogens (tertiary/aromatic N) is 2. The zero-order chi connectivity index (χ0) is 26.2. The molecule has 0 saturated heterocycles. The molecule has 1 aliphatic rings. The van der Waals surface area contributed by atoms with Gasteiger partial charge >= 0.3 is 0 Å². The Hall–Kier alpha value is -3.37. The molecule has 3 aromatic rings. The third-order valence-corrected chi connectivity index (χ3v) is 8.31. The molecule has 1 aliphatic heterocycles. The molecule has 3 N–H and O–H groups in total. The Morgan fingerprint density at radius 3 is 2.56 bits per heavy atom. The highest BCUT2D eigenvalue weighted by molar-refractivity contribution is 7.89. The largest absolute Gasteiger partial charge is 0.508 e. The number of carbonyl (C=O) groups excluding carboxylic acids is 1. The van der Waals surface area contributed by atoms with Crippen LogP contribution in [0.15, 0.2) is 34.9 Å². The molecule has 1 aromatic heterocycles. The minimum Gasteiger partial charge on any atom is -0.508 e. The lowest BCUT2D eigenvalue weighted by Gasteiger charge is -2.28. The van der Waals surface area contributed by atoms with Crippen LogP contribution >= 0.6 is 0 Å². The first-order valence-corrected chi connectivity index (χ1v) is 13.6. The number of phenolic OH excluding ortho intramolecular Hbond substituents is 2. The molecule has 0 fully saturated rings. The Morgan fingerprint density at radius 2 is 1.89 bits per heavy atom. The van der Waals surface area contributed by atoms with Gasteiger partial charge in [-0.3, -0.25) is 4.79 Å². The molecular formula is C26H31N3O6S. The average molecular weight is 514 g/mol. The number of aromatic hydroxyl groups is 2. The first kappa shape index (κ1) is 25.7. The maximum Gasteiger partial charge on any atom is 0.274 e. The second kappa shape index (κ2) is 9.94. The fraction of sp³-hybridized carbons (Fsp3) is 0.385. The predicted octanol–water partition coefficient (Wildman–Crippen LogP) is 4.00. The molecule has 0 saturated carbocycles. The second-order valence-corrected chi connectivity index (χ2v) is 11.4. The summed E-state index contributed by atoms with van der Waals surface area (Å²) in [5.74, 6) is -0.407. The number of phenols is 2. The van der Waals surface area contributed by atoms with Crippen LogP contribution < -0.4 is 5.32 Å². The number of rotatable bonds is 7. The van der Waals surface area contributed by atoms with Crippen molar-refractivity contribution in [1.82, 2.24) is 14.8 Å². The van der Waals surface area contributed by atoms with Crippen molar-refractivity contribution >= 4 is 15.9 Å². The monoisotopic (exact) mass is 513 g/mol. The van der Waals surface area contributed by atoms with E-state index in [1.165, 1.54) is 10.4 Å². The number of hydrogen-bond donors (Lipinski definition) is 3. The third-order valence-electron chi connectivity index (χ3n) is 6.49. The van der Waals surface area contributed by atoms with E-state index >= 15 is 0 Å². The van der Waals surface area contributed by atoms with Gasteiger partial charge in [0.15, 0.2) is 11.5 Å². The molecule has 0 bridgehead atoms. The minimum absolute atomic E-state index is 0.0235. The van der Waals surface area contributed by atoms with Gasteiger partial charge in [0, 0.05) is 25.7 Å². The first-order valence-electron chi connectivity index (χ1n) is 12.0. The summed E-state index contributed by atoms with van der Waals surface area (Å²) in [7, 11) is -3.30. The van der Waals surface area contributed by atoms with E-state index in [1.54, 1.807) is 26.0 Å². The molecule has 2 aromatic carbocycles. The summed E-state index contributed by atoms with van der Waals surface area (Å²) in [6.07, 6.45) is 0.529. The Morgan fingerprint density at radius 1 is 1.14 bits per heavy atom. The summed E-state index contributed by atoms with van der Waals surface area (Å²) in [6, 6.07) is 8.49. The van der Waals surface area contributed by atoms with Crippen molar-refractivity contribution in [3.63, 3.8) is 0 Å². The van der Waals surface area contributed by atoms with Gasteiger partial charge in [-0.15, -0.1) is 0 Å². The van der Waals surface area contributed by atoms with E-state index in [-0.39, 0.29) is 34.6 Å². The quantitative estimate of drug-likeness (QED) is 0.435. The lowest BCUT2D eigenvalue weighted by Crippen LogP contribution is -2.36. The lowest BCUT2D eigenvalue weighted by atomic mass is 9.91. The molecule has 9 nitrogen and oxygen atoms in total. The molecule has 10 heteroatoms. The molecule has 192 valence electrons. The van der Waals surface area contributed by atoms with E-state index in [2.05, 4.69) is 10.5 Å². The van der Waals surface area contributed by atoms with Crippen molar-refractivity contribution in [3.8, 4) is 33.9 Å². The van der Waals surface area contributed by atoms with Gasteiger partial charge in [0.05, 0.1) is 16.9 Å². The number of fused-ring (bicyclic) bond motifs is 1. The van der Waals surface area contributed by atoms with Crippen LogP contribution in [0.25, 0.3) is 22.5 Å². The van der Waals surface area contributed by atoms with Gasteiger partial charge in [0.25, 0.3) is 5.91 Å². The van der Waals surface area contributed by atoms with Crippen LogP contribution in [0.5, 0.6) is 11.5 Å². The van der Waals surface area contributed by atoms with Crippen molar-refractivity contribution < 1.29 is 27.9 Å². The number of nitrogens with one attached hydrogen (secondary N) is 1. The fourth-order valence-electron chi connectivity index (χ4n) is 4.48. The molecule has 4 rings (SSSR count). The van der Waals surface area contributed by atoms with E-state index in [0.717, 1.165) is 11.1 Å². The molecule has 36 heavy (non-hydrogen) atoms. The van der Waals surface area contributed by atoms with Crippen LogP contribution in [0.2, 0.25) is 0 Å². The highest BCUT2D eigenvalue weighted by atomic mass is 32.2. The Bertz CT molecular complexity index is 1410. The predicted molar refractivity (Wildman–Crippen MR) is 136 cm³/mol.